The molecule has 0 aromatic heterocycles. The number of benzene rings is 3. The maximum atomic E-state index is 13.8. The Morgan fingerprint density at radius 1 is 1.00 bits per heavy atom. The molecular formula is C27H30BrN3O5S. The van der Waals surface area contributed by atoms with Crippen molar-refractivity contribution >= 4 is 43.5 Å². The predicted molar refractivity (Wildman–Crippen MR) is 147 cm³/mol. The zero-order valence-corrected chi connectivity index (χ0v) is 23.3. The SMILES string of the molecule is CCNC(=O)[C@H](C)N(Cc1cccc(Br)c1)C(=O)CN(c1cccc(OC)c1)S(=O)(=O)c1ccccc1. The van der Waals surface area contributed by atoms with Crippen LogP contribution in [0.25, 0.3) is 0 Å². The van der Waals surface area contributed by atoms with E-state index in [-0.39, 0.29) is 23.0 Å². The van der Waals surface area contributed by atoms with E-state index >= 15 is 0 Å². The predicted octanol–water partition coefficient (Wildman–Crippen LogP) is 4.21. The van der Waals surface area contributed by atoms with Crippen LogP contribution in [0.5, 0.6) is 5.75 Å². The van der Waals surface area contributed by atoms with E-state index in [9.17, 15) is 18.0 Å². The topological polar surface area (TPSA) is 96.0 Å². The smallest absolute Gasteiger partial charge is 0.264 e. The van der Waals surface area contributed by atoms with Crippen LogP contribution in [0.4, 0.5) is 5.69 Å². The molecule has 8 nitrogen and oxygen atoms in total. The van der Waals surface area contributed by atoms with Gasteiger partial charge >= 0.3 is 0 Å². The van der Waals surface area contributed by atoms with E-state index in [1.165, 1.54) is 24.1 Å². The molecule has 2 amide bonds. The Labute approximate surface area is 226 Å². The molecule has 0 bridgehead atoms. The minimum absolute atomic E-state index is 0.0425. The van der Waals surface area contributed by atoms with E-state index in [4.69, 9.17) is 4.74 Å². The lowest BCUT2D eigenvalue weighted by Crippen LogP contribution is -2.51. The highest BCUT2D eigenvalue weighted by Gasteiger charge is 2.32. The van der Waals surface area contributed by atoms with Crippen LogP contribution in [0.2, 0.25) is 0 Å². The van der Waals surface area contributed by atoms with Crippen molar-refractivity contribution in [3.05, 3.63) is 88.9 Å². The van der Waals surface area contributed by atoms with Gasteiger partial charge in [-0.25, -0.2) is 8.42 Å². The summed E-state index contributed by atoms with van der Waals surface area (Å²) in [7, 11) is -2.64. The molecule has 3 aromatic rings. The van der Waals surface area contributed by atoms with Gasteiger partial charge in [0, 0.05) is 23.6 Å². The summed E-state index contributed by atoms with van der Waals surface area (Å²) in [5, 5.41) is 2.74. The van der Waals surface area contributed by atoms with E-state index in [2.05, 4.69) is 21.2 Å². The molecule has 196 valence electrons. The number of sulfonamides is 1. The molecule has 10 heteroatoms. The molecule has 1 N–H and O–H groups in total. The Morgan fingerprint density at radius 3 is 2.35 bits per heavy atom. The molecule has 0 radical (unpaired) electrons. The molecule has 0 aliphatic rings. The van der Waals surface area contributed by atoms with Crippen molar-refractivity contribution in [2.45, 2.75) is 31.3 Å². The molecule has 0 aliphatic heterocycles. The fraction of sp³-hybridized carbons (Fsp3) is 0.259. The first kappa shape index (κ1) is 28.2. The van der Waals surface area contributed by atoms with Crippen LogP contribution in [0, 0.1) is 0 Å². The number of nitrogens with zero attached hydrogens (tertiary/aromatic N) is 2. The first-order chi connectivity index (χ1) is 17.7. The lowest BCUT2D eigenvalue weighted by Gasteiger charge is -2.32. The first-order valence-corrected chi connectivity index (χ1v) is 13.9. The van der Waals surface area contributed by atoms with E-state index in [1.54, 1.807) is 56.3 Å². The number of likely N-dealkylation sites (N-methyl/N-ethyl adjacent to an activating group) is 1. The van der Waals surface area contributed by atoms with Crippen molar-refractivity contribution in [2.24, 2.45) is 0 Å². The number of hydrogen-bond acceptors (Lipinski definition) is 5. The number of amides is 2. The molecule has 0 aliphatic carbocycles. The highest BCUT2D eigenvalue weighted by atomic mass is 79.9. The molecule has 3 rings (SSSR count). The van der Waals surface area contributed by atoms with Crippen molar-refractivity contribution in [3.8, 4) is 5.75 Å². The Kier molecular flexibility index (Phi) is 9.71. The van der Waals surface area contributed by atoms with Crippen LogP contribution in [0.15, 0.2) is 88.2 Å². The first-order valence-electron chi connectivity index (χ1n) is 11.7. The van der Waals surface area contributed by atoms with Crippen molar-refractivity contribution in [1.82, 2.24) is 10.2 Å². The van der Waals surface area contributed by atoms with Gasteiger partial charge < -0.3 is 15.0 Å². The molecule has 0 fully saturated rings. The molecule has 0 spiro atoms. The fourth-order valence-electron chi connectivity index (χ4n) is 3.75. The summed E-state index contributed by atoms with van der Waals surface area (Å²) in [5.41, 5.74) is 1.06. The van der Waals surface area contributed by atoms with Crippen molar-refractivity contribution < 1.29 is 22.7 Å². The lowest BCUT2D eigenvalue weighted by atomic mass is 10.1. The van der Waals surface area contributed by atoms with Gasteiger partial charge in [-0.1, -0.05) is 52.3 Å². The Balaban J connectivity index is 2.04. The van der Waals surface area contributed by atoms with Crippen LogP contribution in [0.3, 0.4) is 0 Å². The van der Waals surface area contributed by atoms with Gasteiger partial charge in [0.25, 0.3) is 10.0 Å². The second-order valence-corrected chi connectivity index (χ2v) is 11.0. The van der Waals surface area contributed by atoms with E-state index < -0.39 is 28.5 Å². The second kappa shape index (κ2) is 12.7. The Hall–Kier alpha value is -3.37. The number of carbonyl (C=O) groups is 2. The number of carbonyl (C=O) groups excluding carboxylic acids is 2. The minimum Gasteiger partial charge on any atom is -0.497 e. The van der Waals surface area contributed by atoms with E-state index in [0.717, 1.165) is 14.3 Å². The standard InChI is InChI=1S/C27H30BrN3O5S/c1-4-29-27(33)20(2)30(18-21-10-8-11-22(28)16-21)26(32)19-31(23-12-9-13-24(17-23)36-3)37(34,35)25-14-6-5-7-15-25/h5-17,20H,4,18-19H2,1-3H3,(H,29,33)/t20-/m0/s1. The van der Waals surface area contributed by atoms with Gasteiger partial charge in [0.1, 0.15) is 18.3 Å². The van der Waals surface area contributed by atoms with Gasteiger partial charge in [0.05, 0.1) is 17.7 Å². The highest BCUT2D eigenvalue weighted by molar-refractivity contribution is 9.10. The fourth-order valence-corrected chi connectivity index (χ4v) is 5.62. The van der Waals surface area contributed by atoms with Crippen LogP contribution in [-0.4, -0.2) is 51.4 Å². The third-order valence-electron chi connectivity index (χ3n) is 5.71. The minimum atomic E-state index is -4.12. The number of nitrogens with one attached hydrogen (secondary N) is 1. The molecule has 37 heavy (non-hydrogen) atoms. The third-order valence-corrected chi connectivity index (χ3v) is 7.99. The van der Waals surface area contributed by atoms with E-state index in [0.29, 0.717) is 12.3 Å². The molecular weight excluding hydrogens is 558 g/mol. The summed E-state index contributed by atoms with van der Waals surface area (Å²) < 4.78 is 34.6. The summed E-state index contributed by atoms with van der Waals surface area (Å²) in [6.07, 6.45) is 0. The average Bonchev–Trinajstić information content (AvgIpc) is 2.90. The number of rotatable bonds is 11. The van der Waals surface area contributed by atoms with Gasteiger partial charge in [-0.05, 0) is 55.8 Å². The monoisotopic (exact) mass is 587 g/mol. The summed E-state index contributed by atoms with van der Waals surface area (Å²) in [6, 6.07) is 21.0. The van der Waals surface area contributed by atoms with Crippen LogP contribution < -0.4 is 14.4 Å². The van der Waals surface area contributed by atoms with Crippen molar-refractivity contribution in [1.29, 1.82) is 0 Å². The summed E-state index contributed by atoms with van der Waals surface area (Å²) in [6.45, 7) is 3.43. The Bertz CT molecular complexity index is 1330. The molecule has 3 aromatic carbocycles. The number of halogens is 1. The van der Waals surface area contributed by atoms with Gasteiger partial charge in [0.2, 0.25) is 11.8 Å². The summed E-state index contributed by atoms with van der Waals surface area (Å²) in [4.78, 5) is 28.0. The van der Waals surface area contributed by atoms with Crippen LogP contribution in [-0.2, 0) is 26.2 Å². The van der Waals surface area contributed by atoms with Gasteiger partial charge in [-0.3, -0.25) is 13.9 Å². The van der Waals surface area contributed by atoms with Crippen molar-refractivity contribution in [2.75, 3.05) is 24.5 Å². The largest absolute Gasteiger partial charge is 0.497 e. The summed E-state index contributed by atoms with van der Waals surface area (Å²) in [5.74, 6) is -0.411. The maximum absolute atomic E-state index is 13.8. The maximum Gasteiger partial charge on any atom is 0.264 e. The highest BCUT2D eigenvalue weighted by Crippen LogP contribution is 2.27. The third kappa shape index (κ3) is 7.11. The normalized spacial score (nSPS) is 11.9. The number of methoxy groups -OCH3 is 1. The molecule has 0 unspecified atom stereocenters. The van der Waals surface area contributed by atoms with Gasteiger partial charge in [-0.15, -0.1) is 0 Å². The quantitative estimate of drug-likeness (QED) is 0.362. The number of ether oxygens (including phenoxy) is 1. The molecule has 1 atom stereocenters. The molecule has 0 saturated heterocycles. The molecule has 0 saturated carbocycles. The second-order valence-electron chi connectivity index (χ2n) is 8.25. The number of anilines is 1. The zero-order valence-electron chi connectivity index (χ0n) is 20.9. The van der Waals surface area contributed by atoms with E-state index in [1.807, 2.05) is 24.3 Å². The zero-order chi connectivity index (χ0) is 27.0. The molecule has 0 heterocycles. The van der Waals surface area contributed by atoms with Crippen LogP contribution >= 0.6 is 15.9 Å². The lowest BCUT2D eigenvalue weighted by molar-refractivity contribution is -0.139. The number of hydrogen-bond donors (Lipinski definition) is 1. The van der Waals surface area contributed by atoms with Gasteiger partial charge in [0.15, 0.2) is 0 Å². The Morgan fingerprint density at radius 2 is 1.70 bits per heavy atom. The van der Waals surface area contributed by atoms with Crippen molar-refractivity contribution in [3.63, 3.8) is 0 Å². The van der Waals surface area contributed by atoms with Crippen LogP contribution in [0.1, 0.15) is 19.4 Å². The van der Waals surface area contributed by atoms with Gasteiger partial charge in [-0.2, -0.15) is 0 Å². The average molecular weight is 589 g/mol. The summed E-state index contributed by atoms with van der Waals surface area (Å²) >= 11 is 3.43.